The van der Waals surface area contributed by atoms with Gasteiger partial charge in [0.25, 0.3) is 0 Å². The number of nitrogens with one attached hydrogen (secondary N) is 2. The van der Waals surface area contributed by atoms with Crippen LogP contribution < -0.4 is 10.6 Å². The van der Waals surface area contributed by atoms with E-state index < -0.39 is 12.2 Å². The number of carbonyl (C=O) groups excluding carboxylic acids is 2. The molecule has 0 spiro atoms. The van der Waals surface area contributed by atoms with Crippen LogP contribution in [0.3, 0.4) is 0 Å². The Morgan fingerprint density at radius 3 is 1.46 bits per heavy atom. The highest BCUT2D eigenvalue weighted by atomic mass is 16.6. The Bertz CT molecular complexity index is 658. The molecule has 2 N–H and O–H groups in total. The maximum absolute atomic E-state index is 11.9. The SMILES string of the molecule is O=C(N[C@H]1CC[C@H]1NC(=O)OCc1ccccc1)OCc1ccccc1. The van der Waals surface area contributed by atoms with E-state index in [-0.39, 0.29) is 25.3 Å². The number of hydrogen-bond donors (Lipinski definition) is 2. The number of hydrogen-bond acceptors (Lipinski definition) is 4. The van der Waals surface area contributed by atoms with Gasteiger partial charge < -0.3 is 20.1 Å². The van der Waals surface area contributed by atoms with Crippen molar-refractivity contribution in [1.82, 2.24) is 10.6 Å². The number of benzene rings is 2. The number of rotatable bonds is 6. The summed E-state index contributed by atoms with van der Waals surface area (Å²) in [5, 5.41) is 5.57. The molecular formula is C20H22N2O4. The van der Waals surface area contributed by atoms with Crippen LogP contribution in [0, 0.1) is 0 Å². The van der Waals surface area contributed by atoms with Crippen LogP contribution in [0.1, 0.15) is 24.0 Å². The van der Waals surface area contributed by atoms with Crippen molar-refractivity contribution in [3.8, 4) is 0 Å². The van der Waals surface area contributed by atoms with Crippen LogP contribution in [-0.4, -0.2) is 24.3 Å². The van der Waals surface area contributed by atoms with Crippen molar-refractivity contribution in [3.05, 3.63) is 71.8 Å². The van der Waals surface area contributed by atoms with Gasteiger partial charge in [0.2, 0.25) is 0 Å². The lowest BCUT2D eigenvalue weighted by Gasteiger charge is -2.36. The minimum Gasteiger partial charge on any atom is -0.445 e. The molecule has 0 aromatic heterocycles. The second-order valence-electron chi connectivity index (χ2n) is 6.20. The Hall–Kier alpha value is -3.02. The largest absolute Gasteiger partial charge is 0.445 e. The topological polar surface area (TPSA) is 76.7 Å². The molecule has 6 heteroatoms. The molecule has 26 heavy (non-hydrogen) atoms. The van der Waals surface area contributed by atoms with Crippen molar-refractivity contribution < 1.29 is 19.1 Å². The molecule has 2 amide bonds. The molecule has 1 aliphatic carbocycles. The van der Waals surface area contributed by atoms with Crippen molar-refractivity contribution in [3.63, 3.8) is 0 Å². The van der Waals surface area contributed by atoms with Gasteiger partial charge >= 0.3 is 12.2 Å². The van der Waals surface area contributed by atoms with Crippen molar-refractivity contribution >= 4 is 12.2 Å². The average Bonchev–Trinajstić information content (AvgIpc) is 2.68. The maximum atomic E-state index is 11.9. The summed E-state index contributed by atoms with van der Waals surface area (Å²) in [5.41, 5.74) is 1.85. The van der Waals surface area contributed by atoms with Gasteiger partial charge in [0, 0.05) is 0 Å². The van der Waals surface area contributed by atoms with Gasteiger partial charge in [-0.3, -0.25) is 0 Å². The molecule has 0 heterocycles. The molecule has 3 rings (SSSR count). The van der Waals surface area contributed by atoms with E-state index in [1.165, 1.54) is 0 Å². The van der Waals surface area contributed by atoms with Crippen LogP contribution in [0.4, 0.5) is 9.59 Å². The van der Waals surface area contributed by atoms with Crippen LogP contribution in [0.5, 0.6) is 0 Å². The average molecular weight is 354 g/mol. The van der Waals surface area contributed by atoms with Crippen molar-refractivity contribution in [2.24, 2.45) is 0 Å². The molecule has 2 atom stereocenters. The summed E-state index contributed by atoms with van der Waals surface area (Å²) in [5.74, 6) is 0. The Kier molecular flexibility index (Phi) is 6.09. The van der Waals surface area contributed by atoms with Gasteiger partial charge in [-0.2, -0.15) is 0 Å². The number of amides is 2. The number of ether oxygens (including phenoxy) is 2. The summed E-state index contributed by atoms with van der Waals surface area (Å²) in [7, 11) is 0. The molecule has 0 unspecified atom stereocenters. The van der Waals surface area contributed by atoms with E-state index >= 15 is 0 Å². The molecular weight excluding hydrogens is 332 g/mol. The summed E-state index contributed by atoms with van der Waals surface area (Å²) in [6, 6.07) is 18.7. The summed E-state index contributed by atoms with van der Waals surface area (Å²) in [6.07, 6.45) is 0.625. The number of alkyl carbamates (subject to hydrolysis) is 2. The second kappa shape index (κ2) is 8.89. The van der Waals surface area contributed by atoms with Crippen molar-refractivity contribution in [1.29, 1.82) is 0 Å². The monoisotopic (exact) mass is 354 g/mol. The third-order valence-corrected chi connectivity index (χ3v) is 4.31. The molecule has 1 saturated carbocycles. The van der Waals surface area contributed by atoms with E-state index in [0.29, 0.717) is 0 Å². The van der Waals surface area contributed by atoms with E-state index in [1.807, 2.05) is 60.7 Å². The van der Waals surface area contributed by atoms with Gasteiger partial charge in [-0.05, 0) is 24.0 Å². The first-order valence-electron chi connectivity index (χ1n) is 8.65. The first-order chi connectivity index (χ1) is 12.7. The Balaban J connectivity index is 1.36. The minimum atomic E-state index is -0.483. The second-order valence-corrected chi connectivity index (χ2v) is 6.20. The molecule has 2 aromatic rings. The van der Waals surface area contributed by atoms with Crippen LogP contribution in [-0.2, 0) is 22.7 Å². The van der Waals surface area contributed by atoms with Crippen LogP contribution >= 0.6 is 0 Å². The van der Waals surface area contributed by atoms with Gasteiger partial charge in [-0.15, -0.1) is 0 Å². The summed E-state index contributed by atoms with van der Waals surface area (Å²) in [4.78, 5) is 23.8. The molecule has 6 nitrogen and oxygen atoms in total. The molecule has 2 aromatic carbocycles. The van der Waals surface area contributed by atoms with Gasteiger partial charge in [0.1, 0.15) is 13.2 Å². The highest BCUT2D eigenvalue weighted by molar-refractivity contribution is 5.70. The highest BCUT2D eigenvalue weighted by Gasteiger charge is 2.34. The van der Waals surface area contributed by atoms with Crippen molar-refractivity contribution in [2.75, 3.05) is 0 Å². The minimum absolute atomic E-state index is 0.137. The Labute approximate surface area is 152 Å². The molecule has 1 fully saturated rings. The van der Waals surface area contributed by atoms with Crippen LogP contribution in [0.25, 0.3) is 0 Å². The fourth-order valence-electron chi connectivity index (χ4n) is 2.68. The van der Waals surface area contributed by atoms with Gasteiger partial charge in [-0.25, -0.2) is 9.59 Å². The number of carbonyl (C=O) groups is 2. The van der Waals surface area contributed by atoms with E-state index in [9.17, 15) is 9.59 Å². The van der Waals surface area contributed by atoms with Crippen LogP contribution in [0.15, 0.2) is 60.7 Å². The maximum Gasteiger partial charge on any atom is 0.407 e. The lowest BCUT2D eigenvalue weighted by Crippen LogP contribution is -2.58. The molecule has 0 aliphatic heterocycles. The van der Waals surface area contributed by atoms with E-state index in [1.54, 1.807) is 0 Å². The smallest absolute Gasteiger partial charge is 0.407 e. The standard InChI is InChI=1S/C20H22N2O4/c23-19(25-13-15-7-3-1-4-8-15)21-17-11-12-18(17)22-20(24)26-14-16-9-5-2-6-10-16/h1-10,17-18H,11-14H2,(H,21,23)(H,22,24)/t17-,18+. The Morgan fingerprint density at radius 2 is 1.12 bits per heavy atom. The fourth-order valence-corrected chi connectivity index (χ4v) is 2.68. The Morgan fingerprint density at radius 1 is 0.731 bits per heavy atom. The van der Waals surface area contributed by atoms with E-state index in [2.05, 4.69) is 10.6 Å². The third kappa shape index (κ3) is 5.24. The molecule has 0 radical (unpaired) electrons. The molecule has 0 saturated heterocycles. The predicted octanol–water partition coefficient (Wildman–Crippen LogP) is 3.37. The van der Waals surface area contributed by atoms with Crippen molar-refractivity contribution in [2.45, 2.75) is 38.1 Å². The fraction of sp³-hybridized carbons (Fsp3) is 0.300. The lowest BCUT2D eigenvalue weighted by molar-refractivity contribution is 0.110. The lowest BCUT2D eigenvalue weighted by atomic mass is 9.86. The first kappa shape index (κ1) is 17.8. The zero-order valence-electron chi connectivity index (χ0n) is 14.4. The normalized spacial score (nSPS) is 18.3. The first-order valence-corrected chi connectivity index (χ1v) is 8.65. The van der Waals surface area contributed by atoms with E-state index in [4.69, 9.17) is 9.47 Å². The summed E-state index contributed by atoms with van der Waals surface area (Å²) in [6.45, 7) is 0.438. The quantitative estimate of drug-likeness (QED) is 0.834. The summed E-state index contributed by atoms with van der Waals surface area (Å²) < 4.78 is 10.4. The van der Waals surface area contributed by atoms with Gasteiger partial charge in [0.05, 0.1) is 12.1 Å². The van der Waals surface area contributed by atoms with E-state index in [0.717, 1.165) is 24.0 Å². The van der Waals surface area contributed by atoms with Gasteiger partial charge in [0.15, 0.2) is 0 Å². The zero-order chi connectivity index (χ0) is 18.2. The molecule has 1 aliphatic rings. The van der Waals surface area contributed by atoms with Crippen LogP contribution in [0.2, 0.25) is 0 Å². The zero-order valence-corrected chi connectivity index (χ0v) is 14.4. The summed E-state index contributed by atoms with van der Waals surface area (Å²) >= 11 is 0. The molecule has 136 valence electrons. The molecule has 0 bridgehead atoms. The highest BCUT2D eigenvalue weighted by Crippen LogP contribution is 2.20. The van der Waals surface area contributed by atoms with Gasteiger partial charge in [-0.1, -0.05) is 60.7 Å². The predicted molar refractivity (Wildman–Crippen MR) is 96.3 cm³/mol. The third-order valence-electron chi connectivity index (χ3n) is 4.31.